The largest absolute Gasteiger partial charge is 0.351 e. The molecule has 0 unspecified atom stereocenters. The molecule has 2 rings (SSSR count). The fourth-order valence-corrected chi connectivity index (χ4v) is 3.04. The summed E-state index contributed by atoms with van der Waals surface area (Å²) in [4.78, 5) is 2.53. The van der Waals surface area contributed by atoms with Crippen molar-refractivity contribution in [2.75, 3.05) is 11.4 Å². The summed E-state index contributed by atoms with van der Waals surface area (Å²) in [5.74, 6) is 1.30. The van der Waals surface area contributed by atoms with Crippen LogP contribution in [0.1, 0.15) is 51.8 Å². The number of nitrogens with zero attached hydrogens (tertiary/aromatic N) is 3. The van der Waals surface area contributed by atoms with Gasteiger partial charge in [0.2, 0.25) is 0 Å². The quantitative estimate of drug-likeness (QED) is 0.907. The zero-order valence-electron chi connectivity index (χ0n) is 13.2. The Hall–Kier alpha value is -1.03. The van der Waals surface area contributed by atoms with E-state index in [4.69, 9.17) is 0 Å². The molecule has 0 saturated carbocycles. The Morgan fingerprint density at radius 1 is 1.37 bits per heavy atom. The van der Waals surface area contributed by atoms with Crippen LogP contribution in [-0.2, 0) is 13.6 Å². The van der Waals surface area contributed by atoms with Crippen LogP contribution < -0.4 is 10.2 Å². The van der Waals surface area contributed by atoms with Crippen molar-refractivity contribution in [3.63, 3.8) is 0 Å². The monoisotopic (exact) mass is 264 g/mol. The molecule has 0 bridgehead atoms. The van der Waals surface area contributed by atoms with Gasteiger partial charge < -0.3 is 10.2 Å². The Bertz CT molecular complexity index is 445. The van der Waals surface area contributed by atoms with Crippen LogP contribution in [0.4, 0.5) is 5.82 Å². The summed E-state index contributed by atoms with van der Waals surface area (Å²) in [5, 5.41) is 8.16. The van der Waals surface area contributed by atoms with Crippen molar-refractivity contribution in [1.29, 1.82) is 0 Å². The minimum atomic E-state index is 0.243. The summed E-state index contributed by atoms with van der Waals surface area (Å²) in [7, 11) is 2.07. The third-order valence-electron chi connectivity index (χ3n) is 4.16. The molecule has 1 saturated heterocycles. The Balaban J connectivity index is 2.33. The van der Waals surface area contributed by atoms with Crippen LogP contribution in [0.25, 0.3) is 0 Å². The minimum absolute atomic E-state index is 0.243. The topological polar surface area (TPSA) is 33.1 Å². The number of aromatic nitrogens is 2. The molecule has 0 aliphatic carbocycles. The molecule has 4 nitrogen and oxygen atoms in total. The van der Waals surface area contributed by atoms with Crippen molar-refractivity contribution in [3.05, 3.63) is 11.3 Å². The number of anilines is 1. The molecule has 1 fully saturated rings. The lowest BCUT2D eigenvalue weighted by Gasteiger charge is -2.34. The van der Waals surface area contributed by atoms with Crippen LogP contribution in [0, 0.1) is 6.92 Å². The van der Waals surface area contributed by atoms with Crippen molar-refractivity contribution in [1.82, 2.24) is 15.1 Å². The van der Waals surface area contributed by atoms with Crippen LogP contribution in [0.15, 0.2) is 0 Å². The maximum atomic E-state index is 4.63. The summed E-state index contributed by atoms with van der Waals surface area (Å²) < 4.78 is 2.06. The third kappa shape index (κ3) is 2.78. The second-order valence-electron chi connectivity index (χ2n) is 6.61. The molecule has 0 atom stereocenters. The van der Waals surface area contributed by atoms with Gasteiger partial charge in [0.1, 0.15) is 5.82 Å². The number of aryl methyl sites for hydroxylation is 2. The van der Waals surface area contributed by atoms with E-state index in [0.717, 1.165) is 18.8 Å². The zero-order chi connectivity index (χ0) is 14.2. The smallest absolute Gasteiger partial charge is 0.131 e. The van der Waals surface area contributed by atoms with Gasteiger partial charge in [0, 0.05) is 37.3 Å². The van der Waals surface area contributed by atoms with Gasteiger partial charge in [0.25, 0.3) is 0 Å². The van der Waals surface area contributed by atoms with Gasteiger partial charge in [-0.2, -0.15) is 5.10 Å². The Kier molecular flexibility index (Phi) is 3.90. The maximum absolute atomic E-state index is 4.63. The first-order valence-electron chi connectivity index (χ1n) is 7.36. The molecule has 19 heavy (non-hydrogen) atoms. The molecule has 1 aromatic rings. The van der Waals surface area contributed by atoms with E-state index in [1.165, 1.54) is 24.2 Å². The third-order valence-corrected chi connectivity index (χ3v) is 4.16. The Labute approximate surface area is 117 Å². The summed E-state index contributed by atoms with van der Waals surface area (Å²) in [5.41, 5.74) is 2.74. The van der Waals surface area contributed by atoms with Crippen molar-refractivity contribution < 1.29 is 0 Å². The highest BCUT2D eigenvalue weighted by molar-refractivity contribution is 5.53. The van der Waals surface area contributed by atoms with Crippen LogP contribution in [0.2, 0.25) is 0 Å². The summed E-state index contributed by atoms with van der Waals surface area (Å²) >= 11 is 0. The standard InChI is InChI=1S/C15H28N4/c1-11(2)16-10-13-12(3)17-18(6)14(13)19-9-7-8-15(19,4)5/h11,16H,7-10H2,1-6H3. The summed E-state index contributed by atoms with van der Waals surface area (Å²) in [6.45, 7) is 13.2. The number of hydrogen-bond acceptors (Lipinski definition) is 3. The van der Waals surface area contributed by atoms with E-state index in [0.29, 0.717) is 6.04 Å². The van der Waals surface area contributed by atoms with Crippen LogP contribution in [0.5, 0.6) is 0 Å². The lowest BCUT2D eigenvalue weighted by Crippen LogP contribution is -2.40. The number of rotatable bonds is 4. The second-order valence-corrected chi connectivity index (χ2v) is 6.61. The van der Waals surface area contributed by atoms with Crippen molar-refractivity contribution >= 4 is 5.82 Å². The molecule has 108 valence electrons. The predicted octanol–water partition coefficient (Wildman–Crippen LogP) is 2.61. The molecule has 0 radical (unpaired) electrons. The molecule has 1 aromatic heterocycles. The average Bonchev–Trinajstić information content (AvgIpc) is 2.75. The number of nitrogens with one attached hydrogen (secondary N) is 1. The fourth-order valence-electron chi connectivity index (χ4n) is 3.04. The summed E-state index contributed by atoms with van der Waals surface area (Å²) in [6, 6.07) is 0.499. The number of hydrogen-bond donors (Lipinski definition) is 1. The van der Waals surface area contributed by atoms with Crippen LogP contribution in [0.3, 0.4) is 0 Å². The average molecular weight is 264 g/mol. The van der Waals surface area contributed by atoms with E-state index in [1.54, 1.807) is 0 Å². The molecule has 0 spiro atoms. The van der Waals surface area contributed by atoms with Crippen molar-refractivity contribution in [2.45, 2.75) is 65.6 Å². The summed E-state index contributed by atoms with van der Waals surface area (Å²) in [6.07, 6.45) is 2.53. The Morgan fingerprint density at radius 3 is 2.58 bits per heavy atom. The van der Waals surface area contributed by atoms with Crippen LogP contribution >= 0.6 is 0 Å². The van der Waals surface area contributed by atoms with Gasteiger partial charge in [-0.15, -0.1) is 0 Å². The highest BCUT2D eigenvalue weighted by Crippen LogP contribution is 2.36. The first kappa shape index (κ1) is 14.4. The predicted molar refractivity (Wildman–Crippen MR) is 80.6 cm³/mol. The molecular formula is C15H28N4. The lowest BCUT2D eigenvalue weighted by molar-refractivity contribution is 0.503. The molecule has 0 amide bonds. The first-order chi connectivity index (χ1) is 8.83. The van der Waals surface area contributed by atoms with Gasteiger partial charge in [-0.1, -0.05) is 13.8 Å². The van der Waals surface area contributed by atoms with Gasteiger partial charge in [0.05, 0.1) is 5.69 Å². The molecule has 1 aliphatic rings. The second kappa shape index (κ2) is 5.16. The van der Waals surface area contributed by atoms with Crippen molar-refractivity contribution in [3.8, 4) is 0 Å². The highest BCUT2D eigenvalue weighted by Gasteiger charge is 2.35. The SMILES string of the molecule is Cc1nn(C)c(N2CCCC2(C)C)c1CNC(C)C. The molecule has 2 heterocycles. The first-order valence-corrected chi connectivity index (χ1v) is 7.36. The normalized spacial score (nSPS) is 18.6. The molecule has 4 heteroatoms. The molecule has 1 aliphatic heterocycles. The van der Waals surface area contributed by atoms with E-state index in [2.05, 4.69) is 61.7 Å². The van der Waals surface area contributed by atoms with Gasteiger partial charge in [0.15, 0.2) is 0 Å². The van der Waals surface area contributed by atoms with Gasteiger partial charge in [-0.3, -0.25) is 4.68 Å². The van der Waals surface area contributed by atoms with E-state index < -0.39 is 0 Å². The van der Waals surface area contributed by atoms with Gasteiger partial charge >= 0.3 is 0 Å². The van der Waals surface area contributed by atoms with E-state index >= 15 is 0 Å². The van der Waals surface area contributed by atoms with E-state index in [9.17, 15) is 0 Å². The van der Waals surface area contributed by atoms with Gasteiger partial charge in [-0.05, 0) is 33.6 Å². The van der Waals surface area contributed by atoms with E-state index in [-0.39, 0.29) is 5.54 Å². The molecule has 1 N–H and O–H groups in total. The maximum Gasteiger partial charge on any atom is 0.131 e. The highest BCUT2D eigenvalue weighted by atomic mass is 15.4. The van der Waals surface area contributed by atoms with Crippen molar-refractivity contribution in [2.24, 2.45) is 7.05 Å². The molecule has 0 aromatic carbocycles. The molecular weight excluding hydrogens is 236 g/mol. The zero-order valence-corrected chi connectivity index (χ0v) is 13.2. The fraction of sp³-hybridized carbons (Fsp3) is 0.800. The Morgan fingerprint density at radius 2 is 2.05 bits per heavy atom. The van der Waals surface area contributed by atoms with E-state index in [1.807, 2.05) is 0 Å². The van der Waals surface area contributed by atoms with Gasteiger partial charge in [-0.25, -0.2) is 0 Å². The van der Waals surface area contributed by atoms with Crippen LogP contribution in [-0.4, -0.2) is 27.9 Å². The lowest BCUT2D eigenvalue weighted by atomic mass is 10.0. The minimum Gasteiger partial charge on any atom is -0.351 e.